The predicted octanol–water partition coefficient (Wildman–Crippen LogP) is 4.33. The molecule has 0 aliphatic heterocycles. The van der Waals surface area contributed by atoms with Crippen LogP contribution in [0.15, 0.2) is 54.7 Å². The molecule has 0 radical (unpaired) electrons. The number of rotatable bonds is 8. The number of nitrogens with one attached hydrogen (secondary N) is 2. The molecule has 31 heavy (non-hydrogen) atoms. The Morgan fingerprint density at radius 2 is 1.74 bits per heavy atom. The molecule has 0 spiro atoms. The van der Waals surface area contributed by atoms with Crippen molar-refractivity contribution in [3.8, 4) is 5.75 Å². The molecule has 166 valence electrons. The van der Waals surface area contributed by atoms with Crippen LogP contribution in [0.2, 0.25) is 0 Å². The lowest BCUT2D eigenvalue weighted by Crippen LogP contribution is -2.37. The van der Waals surface area contributed by atoms with Crippen LogP contribution in [0, 0.1) is 10.1 Å². The van der Waals surface area contributed by atoms with Crippen LogP contribution in [0.5, 0.6) is 5.75 Å². The zero-order chi connectivity index (χ0) is 23.4. The van der Waals surface area contributed by atoms with Crippen molar-refractivity contribution < 1.29 is 32.7 Å². The molecule has 1 amide bonds. The van der Waals surface area contributed by atoms with Gasteiger partial charge in [-0.1, -0.05) is 6.58 Å². The summed E-state index contributed by atoms with van der Waals surface area (Å²) in [5, 5.41) is 26.5. The van der Waals surface area contributed by atoms with E-state index in [1.165, 1.54) is 13.8 Å². The number of anilines is 2. The molecule has 2 rings (SSSR count). The molecular weight excluding hydrogens is 419 g/mol. The van der Waals surface area contributed by atoms with E-state index in [-0.39, 0.29) is 23.9 Å². The van der Waals surface area contributed by atoms with E-state index in [0.717, 1.165) is 12.1 Å². The minimum Gasteiger partial charge on any atom is -0.490 e. The van der Waals surface area contributed by atoms with Crippen LogP contribution >= 0.6 is 0 Å². The van der Waals surface area contributed by atoms with Crippen molar-refractivity contribution in [3.63, 3.8) is 0 Å². The molecule has 1 atom stereocenters. The first-order valence-electron chi connectivity index (χ1n) is 8.84. The lowest BCUT2D eigenvalue weighted by Gasteiger charge is -2.27. The Kier molecular flexibility index (Phi) is 6.91. The summed E-state index contributed by atoms with van der Waals surface area (Å²) in [5.41, 5.74) is -3.87. The van der Waals surface area contributed by atoms with Crippen molar-refractivity contribution >= 4 is 23.0 Å². The van der Waals surface area contributed by atoms with Crippen molar-refractivity contribution in [2.45, 2.75) is 25.6 Å². The minimum atomic E-state index is -4.93. The van der Waals surface area contributed by atoms with E-state index in [0.29, 0.717) is 17.5 Å². The topological polar surface area (TPSA) is 114 Å². The van der Waals surface area contributed by atoms with Gasteiger partial charge in [0.25, 0.3) is 5.69 Å². The molecule has 8 nitrogen and oxygen atoms in total. The summed E-state index contributed by atoms with van der Waals surface area (Å²) >= 11 is 0. The number of hydrogen-bond donors (Lipinski definition) is 3. The fourth-order valence-electron chi connectivity index (χ4n) is 2.46. The highest BCUT2D eigenvalue weighted by Gasteiger charge is 2.38. The average molecular weight is 439 g/mol. The Hall–Kier alpha value is -3.60. The highest BCUT2D eigenvalue weighted by atomic mass is 19.4. The molecule has 2 aromatic carbocycles. The summed E-state index contributed by atoms with van der Waals surface area (Å²) in [7, 11) is 0. The molecule has 0 aliphatic rings. The van der Waals surface area contributed by atoms with Crippen molar-refractivity contribution in [2.24, 2.45) is 0 Å². The maximum atomic E-state index is 13.1. The minimum absolute atomic E-state index is 0.0793. The molecule has 0 aliphatic carbocycles. The van der Waals surface area contributed by atoms with E-state index in [2.05, 4.69) is 17.2 Å². The maximum absolute atomic E-state index is 13.1. The fourth-order valence-corrected chi connectivity index (χ4v) is 2.46. The lowest BCUT2D eigenvalue weighted by molar-refractivity contribution is -0.388. The third-order valence-corrected chi connectivity index (χ3v) is 4.14. The smallest absolute Gasteiger partial charge is 0.423 e. The van der Waals surface area contributed by atoms with Crippen molar-refractivity contribution in [2.75, 3.05) is 17.2 Å². The summed E-state index contributed by atoms with van der Waals surface area (Å²) in [5.74, 6) is 0.135. The molecule has 0 bridgehead atoms. The number of alkyl halides is 3. The van der Waals surface area contributed by atoms with E-state index in [9.17, 15) is 33.2 Å². The lowest BCUT2D eigenvalue weighted by atomic mass is 10.0. The van der Waals surface area contributed by atoms with Gasteiger partial charge < -0.3 is 20.5 Å². The molecule has 0 saturated carbocycles. The molecular formula is C20H20F3N3O5. The number of nitro groups is 1. The number of nitrogens with zero attached hydrogens (tertiary/aromatic N) is 1. The van der Waals surface area contributed by atoms with Gasteiger partial charge in [-0.2, -0.15) is 13.2 Å². The van der Waals surface area contributed by atoms with Crippen LogP contribution in [0.3, 0.4) is 0 Å². The van der Waals surface area contributed by atoms with Gasteiger partial charge in [0.1, 0.15) is 23.5 Å². The summed E-state index contributed by atoms with van der Waals surface area (Å²) in [6.45, 7) is 6.03. The first kappa shape index (κ1) is 23.7. The molecule has 0 fully saturated rings. The number of carbonyl (C=O) groups excluding carboxylic acids is 1. The number of carbonyl (C=O) groups is 1. The summed E-state index contributed by atoms with van der Waals surface area (Å²) in [6, 6.07) is 8.67. The number of halogens is 3. The van der Waals surface area contributed by atoms with Gasteiger partial charge in [0.2, 0.25) is 5.91 Å². The number of nitro benzene ring substituents is 1. The quantitative estimate of drug-likeness (QED) is 0.417. The number of hydrogen-bond acceptors (Lipinski definition) is 6. The second-order valence-corrected chi connectivity index (χ2v) is 6.86. The van der Waals surface area contributed by atoms with Gasteiger partial charge in [0.05, 0.1) is 4.92 Å². The first-order chi connectivity index (χ1) is 14.3. The van der Waals surface area contributed by atoms with Gasteiger partial charge in [-0.15, -0.1) is 0 Å². The van der Waals surface area contributed by atoms with Crippen LogP contribution in [-0.2, 0) is 11.0 Å². The van der Waals surface area contributed by atoms with Crippen molar-refractivity contribution in [3.05, 3.63) is 70.4 Å². The Balaban J connectivity index is 2.08. The zero-order valence-electron chi connectivity index (χ0n) is 16.6. The number of ether oxygens (including phenoxy) is 1. The van der Waals surface area contributed by atoms with Crippen LogP contribution in [0.1, 0.15) is 19.4 Å². The summed E-state index contributed by atoms with van der Waals surface area (Å²) < 4.78 is 44.8. The second-order valence-electron chi connectivity index (χ2n) is 6.86. The molecule has 2 aromatic rings. The van der Waals surface area contributed by atoms with Crippen LogP contribution < -0.4 is 15.4 Å². The Morgan fingerprint density at radius 3 is 2.26 bits per heavy atom. The molecule has 0 aromatic heterocycles. The van der Waals surface area contributed by atoms with E-state index < -0.39 is 28.0 Å². The predicted molar refractivity (Wildman–Crippen MR) is 108 cm³/mol. The normalized spacial score (nSPS) is 13.1. The standard InChI is InChI=1S/C20H20F3N3O5/c1-12(24-15-6-9-18(26(29)30)17(10-15)20(21,22)23)19(3,28)11-31-16-7-4-14(5-8-16)25-13(2)27/h4-10,24,28H,1,11H2,2-3H3,(H,25,27). The van der Waals surface area contributed by atoms with Gasteiger partial charge >= 0.3 is 6.18 Å². The summed E-state index contributed by atoms with van der Waals surface area (Å²) in [4.78, 5) is 20.7. The third kappa shape index (κ3) is 6.44. The van der Waals surface area contributed by atoms with Crippen molar-refractivity contribution in [1.29, 1.82) is 0 Å². The van der Waals surface area contributed by atoms with Gasteiger partial charge in [-0.25, -0.2) is 0 Å². The van der Waals surface area contributed by atoms with Crippen LogP contribution in [-0.4, -0.2) is 28.1 Å². The number of aliphatic hydroxyl groups is 1. The molecule has 11 heteroatoms. The third-order valence-electron chi connectivity index (χ3n) is 4.14. The second kappa shape index (κ2) is 9.04. The van der Waals surface area contributed by atoms with Crippen molar-refractivity contribution in [1.82, 2.24) is 0 Å². The zero-order valence-corrected chi connectivity index (χ0v) is 16.6. The monoisotopic (exact) mass is 439 g/mol. The van der Waals surface area contributed by atoms with Gasteiger partial charge in [-0.05, 0) is 43.3 Å². The fraction of sp³-hybridized carbons (Fsp3) is 0.250. The SMILES string of the molecule is C=C(Nc1ccc([N+](=O)[O-])c(C(F)(F)F)c1)C(C)(O)COc1ccc(NC(C)=O)cc1. The van der Waals surface area contributed by atoms with Crippen LogP contribution in [0.25, 0.3) is 0 Å². The molecule has 3 N–H and O–H groups in total. The van der Waals surface area contributed by atoms with E-state index in [1.807, 2.05) is 0 Å². The van der Waals surface area contributed by atoms with Gasteiger partial charge in [0, 0.05) is 30.1 Å². The Labute approximate surface area is 175 Å². The molecule has 0 heterocycles. The average Bonchev–Trinajstić information content (AvgIpc) is 2.66. The maximum Gasteiger partial charge on any atom is 0.423 e. The number of amides is 1. The Bertz CT molecular complexity index is 989. The highest BCUT2D eigenvalue weighted by Crippen LogP contribution is 2.38. The first-order valence-corrected chi connectivity index (χ1v) is 8.84. The Morgan fingerprint density at radius 1 is 1.16 bits per heavy atom. The largest absolute Gasteiger partial charge is 0.490 e. The van der Waals surface area contributed by atoms with Gasteiger partial charge in [-0.3, -0.25) is 14.9 Å². The van der Waals surface area contributed by atoms with E-state index in [4.69, 9.17) is 4.74 Å². The molecule has 0 saturated heterocycles. The summed E-state index contributed by atoms with van der Waals surface area (Å²) in [6.07, 6.45) is -4.93. The van der Waals surface area contributed by atoms with Crippen LogP contribution in [0.4, 0.5) is 30.2 Å². The van der Waals surface area contributed by atoms with Gasteiger partial charge in [0.15, 0.2) is 0 Å². The molecule has 1 unspecified atom stereocenters. The highest BCUT2D eigenvalue weighted by molar-refractivity contribution is 5.88. The number of benzene rings is 2. The van der Waals surface area contributed by atoms with E-state index >= 15 is 0 Å². The van der Waals surface area contributed by atoms with E-state index in [1.54, 1.807) is 24.3 Å².